The monoisotopic (exact) mass is 476 g/mol. The lowest BCUT2D eigenvalue weighted by Gasteiger charge is -2.56. The van der Waals surface area contributed by atoms with Gasteiger partial charge in [-0.1, -0.05) is 18.2 Å². The zero-order chi connectivity index (χ0) is 24.3. The molecule has 5 atom stereocenters. The van der Waals surface area contributed by atoms with Crippen LogP contribution in [0.1, 0.15) is 41.9 Å². The third kappa shape index (κ3) is 3.26. The Morgan fingerprint density at radius 1 is 1.23 bits per heavy atom. The summed E-state index contributed by atoms with van der Waals surface area (Å²) in [6.07, 6.45) is 5.40. The number of rotatable bonds is 5. The average molecular weight is 477 g/mol. The first-order valence-corrected chi connectivity index (χ1v) is 12.1. The number of pyridine rings is 1. The molecule has 1 spiro atoms. The van der Waals surface area contributed by atoms with Crippen LogP contribution in [0.25, 0.3) is 0 Å². The van der Waals surface area contributed by atoms with E-state index in [-0.39, 0.29) is 35.7 Å². The second-order valence-electron chi connectivity index (χ2n) is 9.68. The number of ether oxygens (including phenoxy) is 4. The fraction of sp³-hybridized carbons (Fsp3) is 0.444. The van der Waals surface area contributed by atoms with E-state index < -0.39 is 12.1 Å². The van der Waals surface area contributed by atoms with Crippen LogP contribution in [0.5, 0.6) is 17.4 Å². The maximum Gasteiger partial charge on any atom is 0.357 e. The SMILES string of the molecule is CCOC(=O)c1cccc(O[C@H]2C=C[C@H]3[C@H]4Cc5ccc(OC(C)=O)c6c5[C@@]3(CCN4C)[C@H]2O6)n1. The van der Waals surface area contributed by atoms with Gasteiger partial charge in [-0.25, -0.2) is 9.78 Å². The Morgan fingerprint density at radius 2 is 2.09 bits per heavy atom. The number of carbonyl (C=O) groups excluding carboxylic acids is 2. The molecule has 0 unspecified atom stereocenters. The van der Waals surface area contributed by atoms with E-state index >= 15 is 0 Å². The standard InChI is InChI=1S/C27H28N2O6/c1-4-32-26(31)18-6-5-7-22(28-18)34-21-11-9-17-19-14-16-8-10-20(33-15(2)30)24-23(16)27(17,25(21)35-24)12-13-29(19)3/h5-11,17,19,21,25H,4,12-14H2,1-3H3/t17-,19+,21-,25-,27-/m0/s1. The Balaban J connectivity index is 1.41. The van der Waals surface area contributed by atoms with E-state index in [2.05, 4.69) is 35.1 Å². The average Bonchev–Trinajstić information content (AvgIpc) is 3.19. The van der Waals surface area contributed by atoms with Crippen molar-refractivity contribution in [2.45, 2.75) is 50.4 Å². The molecular weight excluding hydrogens is 448 g/mol. The number of hydrogen-bond acceptors (Lipinski definition) is 8. The zero-order valence-electron chi connectivity index (χ0n) is 20.0. The Kier molecular flexibility index (Phi) is 5.11. The Morgan fingerprint density at radius 3 is 2.89 bits per heavy atom. The lowest BCUT2D eigenvalue weighted by molar-refractivity contribution is -0.132. The first kappa shape index (κ1) is 22.1. The van der Waals surface area contributed by atoms with Crippen LogP contribution in [0.2, 0.25) is 0 Å². The highest BCUT2D eigenvalue weighted by atomic mass is 16.6. The highest BCUT2D eigenvalue weighted by Crippen LogP contribution is 2.62. The predicted molar refractivity (Wildman–Crippen MR) is 126 cm³/mol. The van der Waals surface area contributed by atoms with Gasteiger partial charge in [0.05, 0.1) is 6.61 Å². The van der Waals surface area contributed by atoms with Crippen molar-refractivity contribution in [3.05, 3.63) is 59.3 Å². The highest BCUT2D eigenvalue weighted by Gasteiger charge is 2.65. The molecule has 1 fully saturated rings. The van der Waals surface area contributed by atoms with Crippen LogP contribution < -0.4 is 14.2 Å². The van der Waals surface area contributed by atoms with Crippen LogP contribution in [0.3, 0.4) is 0 Å². The fourth-order valence-electron chi connectivity index (χ4n) is 6.48. The number of esters is 2. The molecule has 1 aromatic heterocycles. The second-order valence-corrected chi connectivity index (χ2v) is 9.68. The van der Waals surface area contributed by atoms with E-state index in [1.165, 1.54) is 12.5 Å². The summed E-state index contributed by atoms with van der Waals surface area (Å²) in [7, 11) is 2.18. The maximum absolute atomic E-state index is 12.2. The molecule has 1 aromatic carbocycles. The van der Waals surface area contributed by atoms with Crippen LogP contribution in [0.4, 0.5) is 0 Å². The molecule has 2 aliphatic heterocycles. The molecule has 0 N–H and O–H groups in total. The number of likely N-dealkylation sites (tertiary alicyclic amines) is 1. The zero-order valence-corrected chi connectivity index (χ0v) is 20.0. The van der Waals surface area contributed by atoms with Gasteiger partial charge in [0.1, 0.15) is 6.10 Å². The Labute approximate surface area is 203 Å². The van der Waals surface area contributed by atoms with Gasteiger partial charge in [0.2, 0.25) is 5.88 Å². The molecule has 8 nitrogen and oxygen atoms in total. The summed E-state index contributed by atoms with van der Waals surface area (Å²) in [5.41, 5.74) is 2.31. The van der Waals surface area contributed by atoms with Crippen LogP contribution >= 0.6 is 0 Å². The van der Waals surface area contributed by atoms with Crippen molar-refractivity contribution in [2.24, 2.45) is 5.92 Å². The third-order valence-electron chi connectivity index (χ3n) is 7.83. The summed E-state index contributed by atoms with van der Waals surface area (Å²) in [5, 5.41) is 0. The molecule has 1 saturated heterocycles. The second kappa shape index (κ2) is 8.09. The van der Waals surface area contributed by atoms with E-state index in [4.69, 9.17) is 18.9 Å². The predicted octanol–water partition coefficient (Wildman–Crippen LogP) is 3.08. The molecular formula is C27H28N2O6. The van der Waals surface area contributed by atoms with Crippen molar-refractivity contribution in [2.75, 3.05) is 20.2 Å². The minimum Gasteiger partial charge on any atom is -0.481 e. The molecule has 0 saturated carbocycles. The number of hydrogen-bond donors (Lipinski definition) is 0. The number of piperidine rings is 1. The van der Waals surface area contributed by atoms with E-state index in [9.17, 15) is 9.59 Å². The molecule has 6 rings (SSSR count). The number of aromatic nitrogens is 1. The van der Waals surface area contributed by atoms with Crippen LogP contribution in [0.15, 0.2) is 42.5 Å². The molecule has 3 heterocycles. The molecule has 8 heteroatoms. The van der Waals surface area contributed by atoms with Crippen molar-refractivity contribution < 1.29 is 28.5 Å². The fourth-order valence-corrected chi connectivity index (χ4v) is 6.48. The molecule has 182 valence electrons. The smallest absolute Gasteiger partial charge is 0.357 e. The lowest BCUT2D eigenvalue weighted by atomic mass is 9.53. The van der Waals surface area contributed by atoms with Gasteiger partial charge < -0.3 is 23.8 Å². The summed E-state index contributed by atoms with van der Waals surface area (Å²) < 4.78 is 23.7. The van der Waals surface area contributed by atoms with Crippen LogP contribution in [-0.2, 0) is 21.4 Å². The van der Waals surface area contributed by atoms with Crippen molar-refractivity contribution in [1.29, 1.82) is 0 Å². The summed E-state index contributed by atoms with van der Waals surface area (Å²) in [6.45, 7) is 4.37. The molecule has 2 aliphatic carbocycles. The minimum atomic E-state index is -0.485. The molecule has 0 amide bonds. The summed E-state index contributed by atoms with van der Waals surface area (Å²) in [4.78, 5) is 30.8. The molecule has 0 radical (unpaired) electrons. The highest BCUT2D eigenvalue weighted by molar-refractivity contribution is 5.87. The summed E-state index contributed by atoms with van der Waals surface area (Å²) in [5.74, 6) is 0.836. The van der Waals surface area contributed by atoms with Crippen molar-refractivity contribution >= 4 is 11.9 Å². The van der Waals surface area contributed by atoms with Gasteiger partial charge >= 0.3 is 11.9 Å². The first-order chi connectivity index (χ1) is 16.9. The van der Waals surface area contributed by atoms with Crippen molar-refractivity contribution in [3.63, 3.8) is 0 Å². The largest absolute Gasteiger partial charge is 0.481 e. The van der Waals surface area contributed by atoms with Gasteiger partial charge in [0.25, 0.3) is 0 Å². The minimum absolute atomic E-state index is 0.201. The van der Waals surface area contributed by atoms with Crippen molar-refractivity contribution in [1.82, 2.24) is 9.88 Å². The molecule has 2 aromatic rings. The quantitative estimate of drug-likeness (QED) is 0.370. The van der Waals surface area contributed by atoms with E-state index in [0.29, 0.717) is 23.4 Å². The van der Waals surface area contributed by atoms with Crippen LogP contribution in [0, 0.1) is 5.92 Å². The van der Waals surface area contributed by atoms with E-state index in [0.717, 1.165) is 24.9 Å². The van der Waals surface area contributed by atoms with Crippen molar-refractivity contribution in [3.8, 4) is 17.4 Å². The molecule has 4 aliphatic rings. The van der Waals surface area contributed by atoms with Gasteiger partial charge in [-0.15, -0.1) is 0 Å². The normalized spacial score (nSPS) is 29.7. The number of likely N-dealkylation sites (N-methyl/N-ethyl adjacent to an activating group) is 1. The van der Waals surface area contributed by atoms with Crippen LogP contribution in [-0.4, -0.2) is 60.3 Å². The summed E-state index contributed by atoms with van der Waals surface area (Å²) in [6, 6.07) is 9.35. The van der Waals surface area contributed by atoms with Gasteiger partial charge in [0.15, 0.2) is 23.3 Å². The maximum atomic E-state index is 12.2. The van der Waals surface area contributed by atoms with Gasteiger partial charge in [-0.05, 0) is 57.1 Å². The van der Waals surface area contributed by atoms with Gasteiger partial charge in [-0.2, -0.15) is 0 Å². The first-order valence-electron chi connectivity index (χ1n) is 12.1. The molecule has 35 heavy (non-hydrogen) atoms. The van der Waals surface area contributed by atoms with Gasteiger partial charge in [0, 0.05) is 35.9 Å². The number of nitrogens with zero attached hydrogens (tertiary/aromatic N) is 2. The van der Waals surface area contributed by atoms with E-state index in [1.54, 1.807) is 25.1 Å². The number of carbonyl (C=O) groups is 2. The topological polar surface area (TPSA) is 87.2 Å². The Bertz CT molecular complexity index is 1240. The number of benzene rings is 1. The molecule has 2 bridgehead atoms. The Hall–Kier alpha value is -3.39. The van der Waals surface area contributed by atoms with E-state index in [1.807, 2.05) is 6.07 Å². The third-order valence-corrected chi connectivity index (χ3v) is 7.83. The van der Waals surface area contributed by atoms with Gasteiger partial charge in [-0.3, -0.25) is 4.79 Å². The summed E-state index contributed by atoms with van der Waals surface area (Å²) >= 11 is 0. The lowest BCUT2D eigenvalue weighted by Crippen LogP contribution is -2.65.